The Hall–Kier alpha value is -3.70. The van der Waals surface area contributed by atoms with Gasteiger partial charge in [0.25, 0.3) is 0 Å². The summed E-state index contributed by atoms with van der Waals surface area (Å²) in [5.74, 6) is -0.105. The van der Waals surface area contributed by atoms with Crippen molar-refractivity contribution in [1.82, 2.24) is 9.88 Å². The van der Waals surface area contributed by atoms with Gasteiger partial charge < -0.3 is 9.88 Å². The van der Waals surface area contributed by atoms with Crippen LogP contribution in [0.25, 0.3) is 21.8 Å². The fourth-order valence-electron chi connectivity index (χ4n) is 4.32. The van der Waals surface area contributed by atoms with Crippen LogP contribution in [-0.4, -0.2) is 10.5 Å². The number of hydrogen-bond acceptors (Lipinski definition) is 3. The lowest BCUT2D eigenvalue weighted by Crippen LogP contribution is -2.32. The summed E-state index contributed by atoms with van der Waals surface area (Å²) in [6, 6.07) is 27.2. The first-order chi connectivity index (χ1) is 16.2. The third-order valence-electron chi connectivity index (χ3n) is 6.03. The average Bonchev–Trinajstić information content (AvgIpc) is 3.40. The van der Waals surface area contributed by atoms with Gasteiger partial charge >= 0.3 is 0 Å². The zero-order valence-corrected chi connectivity index (χ0v) is 19.1. The fraction of sp³-hybridized carbons (Fsp3) is 0.143. The summed E-state index contributed by atoms with van der Waals surface area (Å²) in [7, 11) is 0. The van der Waals surface area contributed by atoms with E-state index in [1.165, 1.54) is 5.56 Å². The Bertz CT molecular complexity index is 1420. The largest absolute Gasteiger partial charge is 0.343 e. The predicted molar refractivity (Wildman–Crippen MR) is 136 cm³/mol. The van der Waals surface area contributed by atoms with Crippen LogP contribution in [0.15, 0.2) is 95.1 Å². The van der Waals surface area contributed by atoms with Gasteiger partial charge in [0, 0.05) is 15.6 Å². The Labute approximate surface area is 196 Å². The number of rotatable bonds is 6. The predicted octanol–water partition coefficient (Wildman–Crippen LogP) is 5.68. The Morgan fingerprint density at radius 1 is 0.879 bits per heavy atom. The van der Waals surface area contributed by atoms with E-state index < -0.39 is 0 Å². The van der Waals surface area contributed by atoms with Gasteiger partial charge in [0.15, 0.2) is 5.43 Å². The number of amides is 1. The lowest BCUT2D eigenvalue weighted by atomic mass is 10.0. The van der Waals surface area contributed by atoms with Crippen LogP contribution in [0.4, 0.5) is 0 Å². The van der Waals surface area contributed by atoms with Gasteiger partial charge in [-0.25, -0.2) is 0 Å². The van der Waals surface area contributed by atoms with Crippen molar-refractivity contribution in [3.63, 3.8) is 0 Å². The average molecular weight is 453 g/mol. The molecule has 1 N–H and O–H groups in total. The van der Waals surface area contributed by atoms with Gasteiger partial charge in [-0.2, -0.15) is 0 Å². The van der Waals surface area contributed by atoms with Gasteiger partial charge in [0.2, 0.25) is 5.91 Å². The van der Waals surface area contributed by atoms with Crippen LogP contribution in [0, 0.1) is 0 Å². The number of aromatic nitrogens is 1. The normalized spacial score (nSPS) is 12.2. The van der Waals surface area contributed by atoms with E-state index >= 15 is 0 Å². The van der Waals surface area contributed by atoms with Crippen molar-refractivity contribution in [3.05, 3.63) is 117 Å². The van der Waals surface area contributed by atoms with Crippen molar-refractivity contribution in [3.8, 4) is 0 Å². The molecule has 0 bridgehead atoms. The van der Waals surface area contributed by atoms with Crippen LogP contribution in [0.5, 0.6) is 0 Å². The molecule has 3 aromatic carbocycles. The minimum atomic E-state index is -0.222. The molecule has 0 aliphatic heterocycles. The molecule has 0 fully saturated rings. The summed E-state index contributed by atoms with van der Waals surface area (Å²) in [6.45, 7) is 2.25. The Kier molecular flexibility index (Phi) is 5.80. The van der Waals surface area contributed by atoms with E-state index in [0.717, 1.165) is 27.9 Å². The molecule has 0 radical (unpaired) electrons. The molecule has 2 aromatic heterocycles. The van der Waals surface area contributed by atoms with E-state index in [1.54, 1.807) is 11.3 Å². The van der Waals surface area contributed by atoms with E-state index in [0.29, 0.717) is 10.8 Å². The van der Waals surface area contributed by atoms with Crippen molar-refractivity contribution < 1.29 is 4.79 Å². The molecule has 0 aliphatic rings. The Morgan fingerprint density at radius 3 is 2.09 bits per heavy atom. The summed E-state index contributed by atoms with van der Waals surface area (Å²) in [5, 5.41) is 6.50. The second kappa shape index (κ2) is 9.04. The van der Waals surface area contributed by atoms with Crippen LogP contribution < -0.4 is 10.7 Å². The van der Waals surface area contributed by atoms with E-state index in [-0.39, 0.29) is 23.9 Å². The highest BCUT2D eigenvalue weighted by Gasteiger charge is 2.19. The number of aryl methyl sites for hydroxylation is 1. The summed E-state index contributed by atoms with van der Waals surface area (Å²) in [6.07, 6.45) is 0.975. The quantitative estimate of drug-likeness (QED) is 0.337. The minimum absolute atomic E-state index is 0.00895. The maximum Gasteiger partial charge on any atom is 0.240 e. The molecule has 5 heteroatoms. The minimum Gasteiger partial charge on any atom is -0.343 e. The molecule has 164 valence electrons. The number of benzene rings is 3. The molecule has 1 amide bonds. The number of carbonyl (C=O) groups excluding carboxylic acids is 1. The zero-order valence-electron chi connectivity index (χ0n) is 18.3. The fourth-order valence-corrected chi connectivity index (χ4v) is 5.12. The smallest absolute Gasteiger partial charge is 0.240 e. The van der Waals surface area contributed by atoms with Crippen molar-refractivity contribution >= 4 is 39.0 Å². The van der Waals surface area contributed by atoms with E-state index in [9.17, 15) is 9.59 Å². The maximum absolute atomic E-state index is 13.4. The first-order valence-corrected chi connectivity index (χ1v) is 12.0. The van der Waals surface area contributed by atoms with Gasteiger partial charge in [-0.05, 0) is 53.3 Å². The number of thiophene rings is 1. The van der Waals surface area contributed by atoms with Crippen LogP contribution in [0.3, 0.4) is 0 Å². The molecule has 5 rings (SSSR count). The Morgan fingerprint density at radius 2 is 1.52 bits per heavy atom. The molecule has 0 aliphatic carbocycles. The Balaban J connectivity index is 1.53. The monoisotopic (exact) mass is 452 g/mol. The lowest BCUT2D eigenvalue weighted by Gasteiger charge is -2.20. The number of hydrogen-bond donors (Lipinski definition) is 1. The third-order valence-corrected chi connectivity index (χ3v) is 6.97. The first-order valence-electron chi connectivity index (χ1n) is 11.1. The number of para-hydroxylation sites is 2. The van der Waals surface area contributed by atoms with Crippen molar-refractivity contribution in [1.29, 1.82) is 0 Å². The van der Waals surface area contributed by atoms with Gasteiger partial charge in [-0.1, -0.05) is 61.5 Å². The SMILES string of the molecule is CCc1ccc([C@@H](NC(=O)Cn2c3ccccc3c(=O)c3ccccc32)c2cccs2)cc1. The third kappa shape index (κ3) is 4.08. The molecule has 33 heavy (non-hydrogen) atoms. The number of nitrogens with zero attached hydrogens (tertiary/aromatic N) is 1. The molecule has 2 heterocycles. The molecule has 0 saturated carbocycles. The van der Waals surface area contributed by atoms with Crippen molar-refractivity contribution in [2.24, 2.45) is 0 Å². The molecule has 4 nitrogen and oxygen atoms in total. The van der Waals surface area contributed by atoms with Gasteiger partial charge in [-0.3, -0.25) is 9.59 Å². The summed E-state index contributed by atoms with van der Waals surface area (Å²) in [5.41, 5.74) is 3.83. The molecule has 1 atom stereocenters. The van der Waals surface area contributed by atoms with Gasteiger partial charge in [-0.15, -0.1) is 11.3 Å². The van der Waals surface area contributed by atoms with E-state index in [4.69, 9.17) is 0 Å². The second-order valence-electron chi connectivity index (χ2n) is 8.06. The lowest BCUT2D eigenvalue weighted by molar-refractivity contribution is -0.122. The highest BCUT2D eigenvalue weighted by molar-refractivity contribution is 7.10. The molecule has 0 unspecified atom stereocenters. The van der Waals surface area contributed by atoms with Gasteiger partial charge in [0.1, 0.15) is 6.54 Å². The summed E-state index contributed by atoms with van der Waals surface area (Å²) < 4.78 is 1.94. The zero-order chi connectivity index (χ0) is 22.8. The van der Waals surface area contributed by atoms with Crippen molar-refractivity contribution in [2.45, 2.75) is 25.9 Å². The number of fused-ring (bicyclic) bond motifs is 2. The topological polar surface area (TPSA) is 51.1 Å². The molecule has 0 spiro atoms. The van der Waals surface area contributed by atoms with E-state index in [1.807, 2.05) is 70.6 Å². The summed E-state index contributed by atoms with van der Waals surface area (Å²) in [4.78, 5) is 27.5. The number of carbonyl (C=O) groups is 1. The standard InChI is InChI=1S/C28H24N2O2S/c1-2-19-13-15-20(16-14-19)27(25-12-7-17-33-25)29-26(31)18-30-23-10-5-3-8-21(23)28(32)22-9-4-6-11-24(22)30/h3-17,27H,2,18H2,1H3,(H,29,31)/t27-/m1/s1. The first kappa shape index (κ1) is 21.2. The highest BCUT2D eigenvalue weighted by Crippen LogP contribution is 2.27. The van der Waals surface area contributed by atoms with E-state index in [2.05, 4.69) is 36.5 Å². The maximum atomic E-state index is 13.4. The van der Waals surface area contributed by atoms with Crippen LogP contribution >= 0.6 is 11.3 Å². The second-order valence-corrected chi connectivity index (χ2v) is 9.04. The number of pyridine rings is 1. The molecular formula is C28H24N2O2S. The highest BCUT2D eigenvalue weighted by atomic mass is 32.1. The molecule has 0 saturated heterocycles. The molecular weight excluding hydrogens is 428 g/mol. The van der Waals surface area contributed by atoms with Crippen LogP contribution in [-0.2, 0) is 17.8 Å². The summed E-state index contributed by atoms with van der Waals surface area (Å²) >= 11 is 1.63. The molecule has 5 aromatic rings. The van der Waals surface area contributed by atoms with Gasteiger partial charge in [0.05, 0.1) is 17.1 Å². The van der Waals surface area contributed by atoms with Crippen LogP contribution in [0.2, 0.25) is 0 Å². The number of nitrogens with one attached hydrogen (secondary N) is 1. The van der Waals surface area contributed by atoms with Crippen LogP contribution in [0.1, 0.15) is 29.0 Å². The van der Waals surface area contributed by atoms with Crippen molar-refractivity contribution in [2.75, 3.05) is 0 Å².